The highest BCUT2D eigenvalue weighted by Gasteiger charge is 2.60. The molecule has 1 aliphatic heterocycles. The number of hydrogen-bond donors (Lipinski definition) is 0. The second-order valence-corrected chi connectivity index (χ2v) is 10.7. The Balaban J connectivity index is 1.64. The first-order valence-electron chi connectivity index (χ1n) is 11.2. The molecule has 0 radical (unpaired) electrons. The van der Waals surface area contributed by atoms with Crippen molar-refractivity contribution >= 4 is 18.5 Å². The lowest BCUT2D eigenvalue weighted by atomic mass is 9.48. The number of fused-ring (bicyclic) bond motifs is 5. The quantitative estimate of drug-likeness (QED) is 0.687. The van der Waals surface area contributed by atoms with E-state index in [2.05, 4.69) is 26.8 Å². The molecule has 4 nitrogen and oxygen atoms in total. The maximum absolute atomic E-state index is 12.6. The summed E-state index contributed by atoms with van der Waals surface area (Å²) in [5, 5.41) is 0. The van der Waals surface area contributed by atoms with Gasteiger partial charge in [-0.15, -0.1) is 0 Å². The molecule has 4 heteroatoms. The molecule has 0 spiro atoms. The van der Waals surface area contributed by atoms with Crippen molar-refractivity contribution in [2.75, 3.05) is 0 Å². The second kappa shape index (κ2) is 6.81. The fourth-order valence-corrected chi connectivity index (χ4v) is 7.71. The molecule has 28 heavy (non-hydrogen) atoms. The molecule has 0 N–H and O–H groups in total. The van der Waals surface area contributed by atoms with Crippen molar-refractivity contribution in [3.8, 4) is 0 Å². The van der Waals surface area contributed by atoms with E-state index >= 15 is 0 Å². The van der Waals surface area contributed by atoms with Crippen molar-refractivity contribution in [2.45, 2.75) is 78.3 Å². The number of aldehydes is 2. The zero-order valence-electron chi connectivity index (χ0n) is 17.8. The van der Waals surface area contributed by atoms with Crippen LogP contribution in [-0.4, -0.2) is 35.5 Å². The number of hydrogen-bond acceptors (Lipinski definition) is 3. The van der Waals surface area contributed by atoms with Crippen LogP contribution in [0.15, 0.2) is 12.2 Å². The van der Waals surface area contributed by atoms with Crippen LogP contribution in [0.1, 0.15) is 66.2 Å². The van der Waals surface area contributed by atoms with Crippen LogP contribution < -0.4 is 0 Å². The summed E-state index contributed by atoms with van der Waals surface area (Å²) in [4.78, 5) is 37.3. The summed E-state index contributed by atoms with van der Waals surface area (Å²) >= 11 is 0. The highest BCUT2D eigenvalue weighted by atomic mass is 16.2. The standard InChI is InChI=1S/C24H35NO3/c1-15(13-26)17-11-20-18-5-6-21-24(4,19(18)7-9-23(20,3)12-17)10-8-22(28)25(21)16(2)14-27/h8,10,13-21H,5-7,9,11-12H2,1-4H3/t15?,16?,17?,18-,19-,20+,21?,23-,24-/m1/s1. The van der Waals surface area contributed by atoms with E-state index in [-0.39, 0.29) is 29.3 Å². The molecule has 0 aromatic rings. The van der Waals surface area contributed by atoms with Gasteiger partial charge in [0.15, 0.2) is 0 Å². The highest BCUT2D eigenvalue weighted by molar-refractivity contribution is 5.91. The Morgan fingerprint density at radius 3 is 2.54 bits per heavy atom. The Morgan fingerprint density at radius 1 is 1.11 bits per heavy atom. The first-order chi connectivity index (χ1) is 13.2. The van der Waals surface area contributed by atoms with Crippen LogP contribution in [0.2, 0.25) is 0 Å². The van der Waals surface area contributed by atoms with Crippen LogP contribution >= 0.6 is 0 Å². The van der Waals surface area contributed by atoms with Gasteiger partial charge in [-0.1, -0.05) is 26.8 Å². The number of carbonyl (C=O) groups excluding carboxylic acids is 3. The van der Waals surface area contributed by atoms with Gasteiger partial charge in [-0.2, -0.15) is 0 Å². The maximum Gasteiger partial charge on any atom is 0.247 e. The normalized spacial score (nSPS) is 46.9. The molecule has 4 unspecified atom stereocenters. The van der Waals surface area contributed by atoms with Crippen molar-refractivity contribution in [3.05, 3.63) is 12.2 Å². The minimum atomic E-state index is -0.364. The fourth-order valence-electron chi connectivity index (χ4n) is 7.71. The number of amides is 1. The average molecular weight is 386 g/mol. The summed E-state index contributed by atoms with van der Waals surface area (Å²) in [5.74, 6) is 2.56. The predicted octanol–water partition coefficient (Wildman–Crippen LogP) is 4.03. The first-order valence-corrected chi connectivity index (χ1v) is 11.2. The molecule has 3 aliphatic carbocycles. The van der Waals surface area contributed by atoms with E-state index in [1.54, 1.807) is 6.08 Å². The Hall–Kier alpha value is -1.45. The topological polar surface area (TPSA) is 54.5 Å². The molecule has 9 atom stereocenters. The van der Waals surface area contributed by atoms with Crippen LogP contribution in [0.3, 0.4) is 0 Å². The van der Waals surface area contributed by atoms with Crippen LogP contribution in [0.25, 0.3) is 0 Å². The molecule has 154 valence electrons. The third kappa shape index (κ3) is 2.74. The van der Waals surface area contributed by atoms with Crippen molar-refractivity contribution in [1.82, 2.24) is 4.90 Å². The van der Waals surface area contributed by atoms with Gasteiger partial charge in [-0.05, 0) is 80.6 Å². The Morgan fingerprint density at radius 2 is 1.86 bits per heavy atom. The van der Waals surface area contributed by atoms with E-state index in [4.69, 9.17) is 0 Å². The first kappa shape index (κ1) is 19.8. The van der Waals surface area contributed by atoms with E-state index in [0.717, 1.165) is 25.4 Å². The second-order valence-electron chi connectivity index (χ2n) is 10.7. The smallest absolute Gasteiger partial charge is 0.247 e. The Labute approximate surface area is 169 Å². The minimum absolute atomic E-state index is 0.0121. The van der Waals surface area contributed by atoms with Gasteiger partial charge in [0, 0.05) is 17.4 Å². The molecule has 0 aromatic carbocycles. The van der Waals surface area contributed by atoms with Gasteiger partial charge in [0.05, 0.1) is 6.04 Å². The monoisotopic (exact) mass is 385 g/mol. The van der Waals surface area contributed by atoms with Gasteiger partial charge in [0.25, 0.3) is 0 Å². The zero-order chi connectivity index (χ0) is 20.3. The molecule has 3 saturated carbocycles. The van der Waals surface area contributed by atoms with Crippen LogP contribution in [0.4, 0.5) is 0 Å². The van der Waals surface area contributed by atoms with Crippen molar-refractivity contribution in [1.29, 1.82) is 0 Å². The SMILES string of the molecule is CC(C=O)C1C[C@H]2[C@@H]3CCC4N(C(C)C=O)C(=O)C=C[C@]4(C)[C@@H]3CC[C@]2(C)C1. The molecule has 4 aliphatic rings. The summed E-state index contributed by atoms with van der Waals surface area (Å²) in [5.41, 5.74) is 0.306. The molecule has 1 heterocycles. The van der Waals surface area contributed by atoms with Crippen molar-refractivity contribution < 1.29 is 14.4 Å². The average Bonchev–Trinajstić information content (AvgIpc) is 3.05. The van der Waals surface area contributed by atoms with E-state index in [9.17, 15) is 14.4 Å². The largest absolute Gasteiger partial charge is 0.326 e. The number of carbonyl (C=O) groups is 3. The maximum atomic E-state index is 12.6. The fraction of sp³-hybridized carbons (Fsp3) is 0.792. The Bertz CT molecular complexity index is 702. The van der Waals surface area contributed by atoms with Crippen molar-refractivity contribution in [2.24, 2.45) is 40.4 Å². The molecule has 3 fully saturated rings. The summed E-state index contributed by atoms with van der Waals surface area (Å²) in [7, 11) is 0. The van der Waals surface area contributed by atoms with Gasteiger partial charge in [-0.25, -0.2) is 0 Å². The molecular weight excluding hydrogens is 350 g/mol. The summed E-state index contributed by atoms with van der Waals surface area (Å²) in [6.07, 6.45) is 12.8. The van der Waals surface area contributed by atoms with Crippen LogP contribution in [0.5, 0.6) is 0 Å². The third-order valence-corrected chi connectivity index (χ3v) is 9.30. The van der Waals surface area contributed by atoms with Crippen molar-refractivity contribution in [3.63, 3.8) is 0 Å². The van der Waals surface area contributed by atoms with Gasteiger partial charge >= 0.3 is 0 Å². The van der Waals surface area contributed by atoms with E-state index in [0.29, 0.717) is 29.1 Å². The number of nitrogens with zero attached hydrogens (tertiary/aromatic N) is 1. The molecule has 4 rings (SSSR count). The molecule has 1 amide bonds. The zero-order valence-corrected chi connectivity index (χ0v) is 17.8. The third-order valence-electron chi connectivity index (χ3n) is 9.30. The Kier molecular flexibility index (Phi) is 4.83. The van der Waals surface area contributed by atoms with E-state index in [1.807, 2.05) is 11.8 Å². The number of rotatable bonds is 4. The molecule has 0 aromatic heterocycles. The minimum Gasteiger partial charge on any atom is -0.326 e. The van der Waals surface area contributed by atoms with Gasteiger partial charge in [0.2, 0.25) is 5.91 Å². The van der Waals surface area contributed by atoms with Crippen LogP contribution in [-0.2, 0) is 14.4 Å². The summed E-state index contributed by atoms with van der Waals surface area (Å²) in [6, 6.07) is -0.238. The van der Waals surface area contributed by atoms with Gasteiger partial charge in [0.1, 0.15) is 12.6 Å². The summed E-state index contributed by atoms with van der Waals surface area (Å²) in [6.45, 7) is 8.71. The highest BCUT2D eigenvalue weighted by Crippen LogP contribution is 2.65. The molecule has 0 bridgehead atoms. The van der Waals surface area contributed by atoms with Gasteiger partial charge in [-0.3, -0.25) is 4.79 Å². The lowest BCUT2D eigenvalue weighted by molar-refractivity contribution is -0.147. The molecule has 0 saturated heterocycles. The predicted molar refractivity (Wildman–Crippen MR) is 108 cm³/mol. The molecular formula is C24H35NO3. The van der Waals surface area contributed by atoms with E-state index < -0.39 is 0 Å². The van der Waals surface area contributed by atoms with E-state index in [1.165, 1.54) is 25.7 Å². The lowest BCUT2D eigenvalue weighted by Crippen LogP contribution is -2.62. The summed E-state index contributed by atoms with van der Waals surface area (Å²) < 4.78 is 0. The van der Waals surface area contributed by atoms with Crippen LogP contribution in [0, 0.1) is 40.4 Å². The lowest BCUT2D eigenvalue weighted by Gasteiger charge is -2.60. The van der Waals surface area contributed by atoms with Gasteiger partial charge < -0.3 is 14.5 Å².